The van der Waals surface area contributed by atoms with E-state index in [-0.39, 0.29) is 0 Å². The molecule has 0 radical (unpaired) electrons. The number of hydrogen-bond acceptors (Lipinski definition) is 2. The predicted molar refractivity (Wildman–Crippen MR) is 67.9 cm³/mol. The average Bonchev–Trinajstić information content (AvgIpc) is 2.10. The van der Waals surface area contributed by atoms with Gasteiger partial charge in [0.2, 0.25) is 0 Å². The molecule has 0 saturated heterocycles. The Morgan fingerprint density at radius 1 is 1.50 bits per heavy atom. The molecule has 0 saturated carbocycles. The van der Waals surface area contributed by atoms with E-state index in [1.165, 1.54) is 0 Å². The molecule has 14 heavy (non-hydrogen) atoms. The van der Waals surface area contributed by atoms with Crippen molar-refractivity contribution in [1.82, 2.24) is 0 Å². The largest absolute Gasteiger partial charge is 0.494 e. The van der Waals surface area contributed by atoms with Gasteiger partial charge in [-0.3, -0.25) is 0 Å². The molecule has 0 heterocycles. The fourth-order valence-electron chi connectivity index (χ4n) is 1.05. The molecule has 2 nitrogen and oxygen atoms in total. The number of nitrogens with two attached hydrogens (primary N) is 1. The van der Waals surface area contributed by atoms with Gasteiger partial charge in [0.1, 0.15) is 5.75 Å². The van der Waals surface area contributed by atoms with Crippen molar-refractivity contribution in [3.8, 4) is 5.75 Å². The Morgan fingerprint density at radius 2 is 2.21 bits per heavy atom. The SMILES string of the molecule is CCOc1ccc(N)c(C=C(Br)Br)c1. The molecule has 2 N–H and O–H groups in total. The molecular formula is C10H11Br2NO. The molecule has 4 heteroatoms. The van der Waals surface area contributed by atoms with Crippen LogP contribution in [0.5, 0.6) is 5.75 Å². The second-order valence-electron chi connectivity index (χ2n) is 2.66. The van der Waals surface area contributed by atoms with Crippen LogP contribution in [0.1, 0.15) is 12.5 Å². The molecule has 0 fully saturated rings. The van der Waals surface area contributed by atoms with Crippen LogP contribution in [-0.4, -0.2) is 6.61 Å². The van der Waals surface area contributed by atoms with E-state index in [1.54, 1.807) is 0 Å². The highest BCUT2D eigenvalue weighted by molar-refractivity contribution is 9.28. The number of halogens is 2. The molecule has 76 valence electrons. The lowest BCUT2D eigenvalue weighted by molar-refractivity contribution is 0.340. The van der Waals surface area contributed by atoms with E-state index in [1.807, 2.05) is 31.2 Å². The summed E-state index contributed by atoms with van der Waals surface area (Å²) in [6.07, 6.45) is 1.89. The second kappa shape index (κ2) is 5.41. The van der Waals surface area contributed by atoms with Crippen LogP contribution < -0.4 is 10.5 Å². The zero-order valence-corrected chi connectivity index (χ0v) is 10.9. The number of anilines is 1. The molecule has 0 atom stereocenters. The van der Waals surface area contributed by atoms with Gasteiger partial charge in [-0.25, -0.2) is 0 Å². The summed E-state index contributed by atoms with van der Waals surface area (Å²) in [6.45, 7) is 2.61. The first-order valence-corrected chi connectivity index (χ1v) is 5.77. The van der Waals surface area contributed by atoms with Gasteiger partial charge in [0.15, 0.2) is 0 Å². The molecule has 0 aliphatic carbocycles. The monoisotopic (exact) mass is 319 g/mol. The first-order chi connectivity index (χ1) is 6.63. The summed E-state index contributed by atoms with van der Waals surface area (Å²) in [5.41, 5.74) is 7.45. The Labute approximate surface area is 100 Å². The summed E-state index contributed by atoms with van der Waals surface area (Å²) in [5, 5.41) is 0. The van der Waals surface area contributed by atoms with Crippen molar-refractivity contribution in [2.24, 2.45) is 0 Å². The molecular weight excluding hydrogens is 310 g/mol. The Kier molecular flexibility index (Phi) is 4.48. The van der Waals surface area contributed by atoms with Gasteiger partial charge in [-0.15, -0.1) is 0 Å². The maximum absolute atomic E-state index is 5.79. The average molecular weight is 321 g/mol. The molecule has 0 amide bonds. The number of nitrogen functional groups attached to an aromatic ring is 1. The van der Waals surface area contributed by atoms with Crippen molar-refractivity contribution in [3.63, 3.8) is 0 Å². The van der Waals surface area contributed by atoms with Crippen LogP contribution in [0.15, 0.2) is 21.6 Å². The van der Waals surface area contributed by atoms with Crippen molar-refractivity contribution in [2.45, 2.75) is 6.92 Å². The van der Waals surface area contributed by atoms with Crippen LogP contribution in [-0.2, 0) is 0 Å². The second-order valence-corrected chi connectivity index (χ2v) is 5.43. The molecule has 0 bridgehead atoms. The highest BCUT2D eigenvalue weighted by Gasteiger charge is 1.99. The molecule has 1 aromatic rings. The summed E-state index contributed by atoms with van der Waals surface area (Å²) >= 11 is 6.58. The normalized spacial score (nSPS) is 9.64. The van der Waals surface area contributed by atoms with Crippen molar-refractivity contribution < 1.29 is 4.74 Å². The van der Waals surface area contributed by atoms with Crippen LogP contribution in [0.2, 0.25) is 0 Å². The molecule has 0 spiro atoms. The molecule has 0 aromatic heterocycles. The molecule has 1 aromatic carbocycles. The zero-order chi connectivity index (χ0) is 10.6. The van der Waals surface area contributed by atoms with E-state index < -0.39 is 0 Å². The maximum atomic E-state index is 5.79. The van der Waals surface area contributed by atoms with Crippen molar-refractivity contribution >= 4 is 43.6 Å². The van der Waals surface area contributed by atoms with E-state index in [0.29, 0.717) is 6.61 Å². The summed E-state index contributed by atoms with van der Waals surface area (Å²) < 4.78 is 6.22. The highest BCUT2D eigenvalue weighted by Crippen LogP contribution is 2.25. The van der Waals surface area contributed by atoms with Crippen LogP contribution in [0.25, 0.3) is 6.08 Å². The summed E-state index contributed by atoms with van der Waals surface area (Å²) in [7, 11) is 0. The first kappa shape index (κ1) is 11.6. The lowest BCUT2D eigenvalue weighted by Crippen LogP contribution is -1.94. The minimum atomic E-state index is 0.655. The summed E-state index contributed by atoms with van der Waals surface area (Å²) in [5.74, 6) is 0.828. The summed E-state index contributed by atoms with van der Waals surface area (Å²) in [4.78, 5) is 0. The van der Waals surface area contributed by atoms with Gasteiger partial charge in [-0.05, 0) is 63.1 Å². The van der Waals surface area contributed by atoms with Gasteiger partial charge >= 0.3 is 0 Å². The minimum Gasteiger partial charge on any atom is -0.494 e. The standard InChI is InChI=1S/C10H11Br2NO/c1-2-14-8-3-4-9(13)7(5-8)6-10(11)12/h3-6H,2,13H2,1H3. The number of benzene rings is 1. The molecule has 0 aliphatic rings. The van der Waals surface area contributed by atoms with Crippen LogP contribution in [0, 0.1) is 0 Å². The molecule has 1 rings (SSSR count). The van der Waals surface area contributed by atoms with Gasteiger partial charge in [0.25, 0.3) is 0 Å². The quantitative estimate of drug-likeness (QED) is 0.861. The molecule has 0 aliphatic heterocycles. The van der Waals surface area contributed by atoms with Crippen molar-refractivity contribution in [2.75, 3.05) is 12.3 Å². The van der Waals surface area contributed by atoms with Crippen LogP contribution >= 0.6 is 31.9 Å². The van der Waals surface area contributed by atoms with Crippen LogP contribution in [0.4, 0.5) is 5.69 Å². The fourth-order valence-corrected chi connectivity index (χ4v) is 1.55. The smallest absolute Gasteiger partial charge is 0.120 e. The number of ether oxygens (including phenoxy) is 1. The Bertz CT molecular complexity index is 346. The van der Waals surface area contributed by atoms with Crippen molar-refractivity contribution in [1.29, 1.82) is 0 Å². The third-order valence-electron chi connectivity index (χ3n) is 1.63. The van der Waals surface area contributed by atoms with E-state index in [2.05, 4.69) is 31.9 Å². The lowest BCUT2D eigenvalue weighted by Gasteiger charge is -2.06. The maximum Gasteiger partial charge on any atom is 0.120 e. The van der Waals surface area contributed by atoms with Gasteiger partial charge in [0.05, 0.1) is 10.00 Å². The van der Waals surface area contributed by atoms with Gasteiger partial charge in [0, 0.05) is 11.3 Å². The lowest BCUT2D eigenvalue weighted by atomic mass is 10.2. The predicted octanol–water partition coefficient (Wildman–Crippen LogP) is 3.76. The number of hydrogen-bond donors (Lipinski definition) is 1. The van der Waals surface area contributed by atoms with E-state index >= 15 is 0 Å². The molecule has 0 unspecified atom stereocenters. The van der Waals surface area contributed by atoms with Gasteiger partial charge in [-0.2, -0.15) is 0 Å². The third-order valence-corrected chi connectivity index (χ3v) is 2.09. The van der Waals surface area contributed by atoms with E-state index in [0.717, 1.165) is 20.4 Å². The van der Waals surface area contributed by atoms with Gasteiger partial charge in [-0.1, -0.05) is 0 Å². The van der Waals surface area contributed by atoms with Crippen molar-refractivity contribution in [3.05, 3.63) is 27.2 Å². The van der Waals surface area contributed by atoms with Gasteiger partial charge < -0.3 is 10.5 Å². The van der Waals surface area contributed by atoms with E-state index in [4.69, 9.17) is 10.5 Å². The van der Waals surface area contributed by atoms with Crippen LogP contribution in [0.3, 0.4) is 0 Å². The minimum absolute atomic E-state index is 0.655. The topological polar surface area (TPSA) is 35.2 Å². The van der Waals surface area contributed by atoms with E-state index in [9.17, 15) is 0 Å². The highest BCUT2D eigenvalue weighted by atomic mass is 79.9. The Hall–Kier alpha value is -0.480. The zero-order valence-electron chi connectivity index (χ0n) is 7.76. The first-order valence-electron chi connectivity index (χ1n) is 4.18. The number of rotatable bonds is 3. The third kappa shape index (κ3) is 3.35. The Balaban J connectivity index is 3.02. The Morgan fingerprint density at radius 3 is 2.79 bits per heavy atom. The fraction of sp³-hybridized carbons (Fsp3) is 0.200. The summed E-state index contributed by atoms with van der Waals surface area (Å²) in [6, 6.07) is 5.60.